The van der Waals surface area contributed by atoms with Gasteiger partial charge in [-0.05, 0) is 26.0 Å². The summed E-state index contributed by atoms with van der Waals surface area (Å²) in [5.74, 6) is 2.94. The van der Waals surface area contributed by atoms with Gasteiger partial charge in [-0.1, -0.05) is 0 Å². The quantitative estimate of drug-likeness (QED) is 0.462. The van der Waals surface area contributed by atoms with Crippen molar-refractivity contribution in [3.8, 4) is 17.2 Å². The van der Waals surface area contributed by atoms with Gasteiger partial charge in [0.25, 0.3) is 0 Å². The van der Waals surface area contributed by atoms with Gasteiger partial charge in [0.05, 0.1) is 12.2 Å². The summed E-state index contributed by atoms with van der Waals surface area (Å²) in [4.78, 5) is 4.24. The summed E-state index contributed by atoms with van der Waals surface area (Å²) < 4.78 is 18.3. The summed E-state index contributed by atoms with van der Waals surface area (Å²) in [5, 5.41) is 11.0. The number of hydrogen-bond donors (Lipinski definition) is 2. The Labute approximate surface area is 153 Å². The van der Waals surface area contributed by atoms with Crippen LogP contribution in [0, 0.1) is 13.8 Å². The first-order valence-electron chi connectivity index (χ1n) is 8.54. The van der Waals surface area contributed by atoms with Gasteiger partial charge in [-0.15, -0.1) is 0 Å². The molecule has 8 nitrogen and oxygen atoms in total. The number of rotatable bonds is 6. The molecule has 0 spiro atoms. The molecule has 1 aliphatic heterocycles. The van der Waals surface area contributed by atoms with Crippen molar-refractivity contribution in [3.63, 3.8) is 0 Å². The molecular formula is C18H25N5O3. The molecule has 8 heteroatoms. The number of guanidine groups is 1. The summed E-state index contributed by atoms with van der Waals surface area (Å²) in [6.07, 6.45) is 0. The van der Waals surface area contributed by atoms with E-state index in [9.17, 15) is 0 Å². The normalized spacial score (nSPS) is 13.0. The van der Waals surface area contributed by atoms with E-state index in [0.29, 0.717) is 19.7 Å². The molecule has 3 rings (SSSR count). The number of aryl methyl sites for hydroxylation is 2. The first-order chi connectivity index (χ1) is 12.6. The molecule has 0 unspecified atom stereocenters. The largest absolute Gasteiger partial charge is 0.492 e. The van der Waals surface area contributed by atoms with Crippen molar-refractivity contribution in [1.29, 1.82) is 0 Å². The molecule has 0 radical (unpaired) electrons. The molecule has 0 fully saturated rings. The van der Waals surface area contributed by atoms with E-state index in [-0.39, 0.29) is 6.79 Å². The van der Waals surface area contributed by atoms with Crippen LogP contribution in [0.2, 0.25) is 0 Å². The Kier molecular flexibility index (Phi) is 5.50. The van der Waals surface area contributed by atoms with E-state index in [4.69, 9.17) is 14.2 Å². The average Bonchev–Trinajstić information content (AvgIpc) is 3.19. The van der Waals surface area contributed by atoms with Crippen molar-refractivity contribution >= 4 is 5.96 Å². The van der Waals surface area contributed by atoms with Crippen molar-refractivity contribution in [2.45, 2.75) is 20.4 Å². The topological polar surface area (TPSA) is 81.9 Å². The Morgan fingerprint density at radius 1 is 1.27 bits per heavy atom. The molecule has 1 aliphatic rings. The Hall–Kier alpha value is -2.90. The summed E-state index contributed by atoms with van der Waals surface area (Å²) in [7, 11) is 3.70. The van der Waals surface area contributed by atoms with Gasteiger partial charge in [-0.2, -0.15) is 5.10 Å². The number of ether oxygens (including phenoxy) is 3. The molecule has 0 atom stereocenters. The number of fused-ring (bicyclic) bond motifs is 1. The highest BCUT2D eigenvalue weighted by atomic mass is 16.7. The van der Waals surface area contributed by atoms with E-state index in [1.807, 2.05) is 36.9 Å². The first kappa shape index (κ1) is 17.9. The summed E-state index contributed by atoms with van der Waals surface area (Å²) >= 11 is 0. The molecule has 1 aromatic carbocycles. The molecule has 0 aliphatic carbocycles. The molecule has 2 aromatic rings. The SMILES string of the molecule is CN=C(NCCOc1ccc2c(c1)OCO2)NCc1c(C)nn(C)c1C. The van der Waals surface area contributed by atoms with Crippen LogP contribution in [0.15, 0.2) is 23.2 Å². The minimum atomic E-state index is 0.262. The Morgan fingerprint density at radius 2 is 2.08 bits per heavy atom. The van der Waals surface area contributed by atoms with E-state index in [1.54, 1.807) is 7.05 Å². The Bertz CT molecular complexity index is 800. The van der Waals surface area contributed by atoms with Gasteiger partial charge in [-0.25, -0.2) is 0 Å². The zero-order valence-corrected chi connectivity index (χ0v) is 15.6. The zero-order chi connectivity index (χ0) is 18.5. The van der Waals surface area contributed by atoms with E-state index in [2.05, 4.69) is 27.6 Å². The van der Waals surface area contributed by atoms with Crippen molar-refractivity contribution < 1.29 is 14.2 Å². The van der Waals surface area contributed by atoms with E-state index < -0.39 is 0 Å². The van der Waals surface area contributed by atoms with Crippen LogP contribution in [0.25, 0.3) is 0 Å². The third-order valence-corrected chi connectivity index (χ3v) is 4.32. The van der Waals surface area contributed by atoms with Gasteiger partial charge in [0, 0.05) is 38.0 Å². The number of nitrogens with zero attached hydrogens (tertiary/aromatic N) is 3. The van der Waals surface area contributed by atoms with Crippen LogP contribution in [-0.2, 0) is 13.6 Å². The Morgan fingerprint density at radius 3 is 2.81 bits per heavy atom. The van der Waals surface area contributed by atoms with Gasteiger partial charge < -0.3 is 24.8 Å². The second kappa shape index (κ2) is 7.99. The maximum absolute atomic E-state index is 5.74. The van der Waals surface area contributed by atoms with Gasteiger partial charge in [0.1, 0.15) is 12.4 Å². The second-order valence-electron chi connectivity index (χ2n) is 5.99. The molecule has 2 heterocycles. The second-order valence-corrected chi connectivity index (χ2v) is 5.99. The van der Waals surface area contributed by atoms with Crippen molar-refractivity contribution in [2.24, 2.45) is 12.0 Å². The zero-order valence-electron chi connectivity index (χ0n) is 15.6. The summed E-state index contributed by atoms with van der Waals surface area (Å²) in [5.41, 5.74) is 3.36. The lowest BCUT2D eigenvalue weighted by Crippen LogP contribution is -2.39. The van der Waals surface area contributed by atoms with Gasteiger partial charge in [0.15, 0.2) is 17.5 Å². The smallest absolute Gasteiger partial charge is 0.231 e. The lowest BCUT2D eigenvalue weighted by Gasteiger charge is -2.13. The van der Waals surface area contributed by atoms with Crippen LogP contribution in [-0.4, -0.2) is 42.7 Å². The molecule has 0 saturated heterocycles. The maximum Gasteiger partial charge on any atom is 0.231 e. The van der Waals surface area contributed by atoms with Crippen molar-refractivity contribution in [2.75, 3.05) is 27.0 Å². The van der Waals surface area contributed by atoms with Gasteiger partial charge in [0.2, 0.25) is 6.79 Å². The maximum atomic E-state index is 5.74. The molecule has 140 valence electrons. The van der Waals surface area contributed by atoms with E-state index in [1.165, 1.54) is 5.56 Å². The van der Waals surface area contributed by atoms with Gasteiger partial charge >= 0.3 is 0 Å². The molecular weight excluding hydrogens is 334 g/mol. The highest BCUT2D eigenvalue weighted by Gasteiger charge is 2.13. The fourth-order valence-corrected chi connectivity index (χ4v) is 2.77. The fraction of sp³-hybridized carbons (Fsp3) is 0.444. The summed E-state index contributed by atoms with van der Waals surface area (Å²) in [6.45, 7) is 6.14. The lowest BCUT2D eigenvalue weighted by molar-refractivity contribution is 0.173. The molecule has 0 amide bonds. The van der Waals surface area contributed by atoms with Crippen molar-refractivity contribution in [3.05, 3.63) is 35.2 Å². The highest BCUT2D eigenvalue weighted by Crippen LogP contribution is 2.34. The van der Waals surface area contributed by atoms with Crippen LogP contribution >= 0.6 is 0 Å². The number of benzene rings is 1. The molecule has 26 heavy (non-hydrogen) atoms. The van der Waals surface area contributed by atoms with E-state index >= 15 is 0 Å². The van der Waals surface area contributed by atoms with Crippen LogP contribution in [0.5, 0.6) is 17.2 Å². The standard InChI is InChI=1S/C18H25N5O3/c1-12-15(13(2)23(4)22-12)10-21-18(19-3)20-7-8-24-14-5-6-16-17(9-14)26-11-25-16/h5-6,9H,7-8,10-11H2,1-4H3,(H2,19,20,21). The molecule has 0 saturated carbocycles. The predicted molar refractivity (Wildman–Crippen MR) is 98.9 cm³/mol. The number of aliphatic imine (C=N–C) groups is 1. The Balaban J connectivity index is 1.43. The monoisotopic (exact) mass is 359 g/mol. The number of hydrogen-bond acceptors (Lipinski definition) is 5. The first-order valence-corrected chi connectivity index (χ1v) is 8.54. The van der Waals surface area contributed by atoms with Gasteiger partial charge in [-0.3, -0.25) is 9.67 Å². The van der Waals surface area contributed by atoms with Crippen LogP contribution in [0.1, 0.15) is 17.0 Å². The minimum Gasteiger partial charge on any atom is -0.492 e. The molecule has 0 bridgehead atoms. The highest BCUT2D eigenvalue weighted by molar-refractivity contribution is 5.79. The predicted octanol–water partition coefficient (Wildman–Crippen LogP) is 1.51. The summed E-state index contributed by atoms with van der Waals surface area (Å²) in [6, 6.07) is 5.56. The van der Waals surface area contributed by atoms with Crippen LogP contribution in [0.3, 0.4) is 0 Å². The van der Waals surface area contributed by atoms with Crippen LogP contribution < -0.4 is 24.8 Å². The number of nitrogens with one attached hydrogen (secondary N) is 2. The van der Waals surface area contributed by atoms with E-state index in [0.717, 1.165) is 34.6 Å². The lowest BCUT2D eigenvalue weighted by atomic mass is 10.2. The molecule has 2 N–H and O–H groups in total. The fourth-order valence-electron chi connectivity index (χ4n) is 2.77. The van der Waals surface area contributed by atoms with Crippen LogP contribution in [0.4, 0.5) is 0 Å². The van der Waals surface area contributed by atoms with Crippen molar-refractivity contribution in [1.82, 2.24) is 20.4 Å². The minimum absolute atomic E-state index is 0.262. The third kappa shape index (κ3) is 4.01. The third-order valence-electron chi connectivity index (χ3n) is 4.32. The average molecular weight is 359 g/mol. The molecule has 1 aromatic heterocycles. The number of aromatic nitrogens is 2.